The Hall–Kier alpha value is -3.03. The molecule has 150 valence electrons. The summed E-state index contributed by atoms with van der Waals surface area (Å²) in [6, 6.07) is 19.6. The van der Waals surface area contributed by atoms with Crippen LogP contribution in [0.15, 0.2) is 77.7 Å². The first-order valence-corrected chi connectivity index (χ1v) is 10.6. The molecule has 0 spiro atoms. The van der Waals surface area contributed by atoms with Gasteiger partial charge in [0.25, 0.3) is 15.9 Å². The second-order valence-corrected chi connectivity index (χ2v) is 8.41. The lowest BCUT2D eigenvalue weighted by molar-refractivity contribution is -0.118. The first kappa shape index (κ1) is 20.7. The highest BCUT2D eigenvalue weighted by Gasteiger charge is 2.14. The molecule has 0 aliphatic rings. The largest absolute Gasteiger partial charge is 0.484 e. The summed E-state index contributed by atoms with van der Waals surface area (Å²) in [6.45, 7) is 1.74. The van der Waals surface area contributed by atoms with Crippen molar-refractivity contribution in [3.63, 3.8) is 0 Å². The fourth-order valence-corrected chi connectivity index (χ4v) is 3.61. The Morgan fingerprint density at radius 1 is 0.897 bits per heavy atom. The third-order valence-electron chi connectivity index (χ3n) is 3.94. The van der Waals surface area contributed by atoms with Gasteiger partial charge in [-0.1, -0.05) is 29.3 Å². The zero-order valence-electron chi connectivity index (χ0n) is 15.6. The number of ether oxygens (including phenoxy) is 1. The Morgan fingerprint density at radius 3 is 2.10 bits per heavy atom. The third kappa shape index (κ3) is 5.97. The van der Waals surface area contributed by atoms with Crippen molar-refractivity contribution < 1.29 is 17.9 Å². The van der Waals surface area contributed by atoms with Crippen LogP contribution >= 0.6 is 11.6 Å². The lowest BCUT2D eigenvalue weighted by Crippen LogP contribution is -2.20. The van der Waals surface area contributed by atoms with Gasteiger partial charge in [-0.15, -0.1) is 0 Å². The minimum Gasteiger partial charge on any atom is -0.484 e. The average molecular weight is 431 g/mol. The van der Waals surface area contributed by atoms with Crippen LogP contribution < -0.4 is 14.8 Å². The van der Waals surface area contributed by atoms with Gasteiger partial charge in [0, 0.05) is 16.4 Å². The molecule has 0 atom stereocenters. The molecule has 3 aromatic rings. The van der Waals surface area contributed by atoms with Crippen molar-refractivity contribution in [1.29, 1.82) is 0 Å². The molecule has 0 saturated carbocycles. The summed E-state index contributed by atoms with van der Waals surface area (Å²) in [5.41, 5.74) is 1.98. The Balaban J connectivity index is 1.58. The fourth-order valence-electron chi connectivity index (χ4n) is 2.43. The van der Waals surface area contributed by atoms with Gasteiger partial charge < -0.3 is 10.1 Å². The maximum atomic E-state index is 12.5. The minimum absolute atomic E-state index is 0.0912. The zero-order chi connectivity index (χ0) is 20.9. The van der Waals surface area contributed by atoms with Crippen LogP contribution in [-0.2, 0) is 14.8 Å². The van der Waals surface area contributed by atoms with E-state index in [2.05, 4.69) is 10.0 Å². The molecule has 0 aromatic heterocycles. The number of benzene rings is 3. The van der Waals surface area contributed by atoms with Crippen LogP contribution in [0, 0.1) is 6.92 Å². The Labute approximate surface area is 174 Å². The van der Waals surface area contributed by atoms with Crippen LogP contribution in [0.4, 0.5) is 11.4 Å². The smallest absolute Gasteiger partial charge is 0.262 e. The van der Waals surface area contributed by atoms with E-state index in [-0.39, 0.29) is 17.4 Å². The highest BCUT2D eigenvalue weighted by Crippen LogP contribution is 2.19. The predicted octanol–water partition coefficient (Wildman–Crippen LogP) is 4.47. The molecule has 29 heavy (non-hydrogen) atoms. The number of rotatable bonds is 7. The van der Waals surface area contributed by atoms with Gasteiger partial charge in [-0.2, -0.15) is 0 Å². The van der Waals surface area contributed by atoms with Gasteiger partial charge in [0.2, 0.25) is 0 Å². The number of hydrogen-bond donors (Lipinski definition) is 2. The average Bonchev–Trinajstić information content (AvgIpc) is 2.70. The van der Waals surface area contributed by atoms with Crippen molar-refractivity contribution in [3.05, 3.63) is 83.4 Å². The minimum atomic E-state index is -3.72. The number of anilines is 2. The van der Waals surface area contributed by atoms with Crippen molar-refractivity contribution in [2.45, 2.75) is 11.8 Å². The molecule has 0 fully saturated rings. The van der Waals surface area contributed by atoms with Crippen molar-refractivity contribution in [1.82, 2.24) is 0 Å². The fraction of sp³-hybridized carbons (Fsp3) is 0.0952. The van der Waals surface area contributed by atoms with E-state index >= 15 is 0 Å². The molecule has 0 saturated heterocycles. The summed E-state index contributed by atoms with van der Waals surface area (Å²) in [5.74, 6) is 0.154. The van der Waals surface area contributed by atoms with Gasteiger partial charge in [-0.05, 0) is 67.6 Å². The van der Waals surface area contributed by atoms with Crippen molar-refractivity contribution in [3.8, 4) is 5.75 Å². The molecule has 6 nitrogen and oxygen atoms in total. The number of halogens is 1. The molecule has 3 rings (SSSR count). The van der Waals surface area contributed by atoms with Crippen molar-refractivity contribution in [2.75, 3.05) is 16.6 Å². The topological polar surface area (TPSA) is 84.5 Å². The summed E-state index contributed by atoms with van der Waals surface area (Å²) >= 11 is 5.80. The van der Waals surface area contributed by atoms with Crippen LogP contribution in [0.25, 0.3) is 0 Å². The molecule has 1 amide bonds. The number of nitrogens with one attached hydrogen (secondary N) is 2. The number of hydrogen-bond acceptors (Lipinski definition) is 4. The molecule has 0 aliphatic carbocycles. The Bertz CT molecular complexity index is 1080. The maximum absolute atomic E-state index is 12.5. The van der Waals surface area contributed by atoms with Crippen LogP contribution in [0.2, 0.25) is 5.02 Å². The van der Waals surface area contributed by atoms with E-state index in [4.69, 9.17) is 16.3 Å². The monoisotopic (exact) mass is 430 g/mol. The number of carbonyl (C=O) groups excluding carboxylic acids is 1. The zero-order valence-corrected chi connectivity index (χ0v) is 17.1. The van der Waals surface area contributed by atoms with Crippen molar-refractivity contribution in [2.24, 2.45) is 0 Å². The predicted molar refractivity (Wildman–Crippen MR) is 114 cm³/mol. The molecule has 0 aliphatic heterocycles. The SMILES string of the molecule is Cc1ccc(NS(=O)(=O)c2ccc(NC(=O)COc3ccc(Cl)cc3)cc2)cc1. The van der Waals surface area contributed by atoms with E-state index in [0.717, 1.165) is 5.56 Å². The summed E-state index contributed by atoms with van der Waals surface area (Å²) in [6.07, 6.45) is 0. The van der Waals surface area contributed by atoms with Gasteiger partial charge in [0.15, 0.2) is 6.61 Å². The molecule has 8 heteroatoms. The molecule has 0 heterocycles. The molecule has 3 aromatic carbocycles. The van der Waals surface area contributed by atoms with Gasteiger partial charge in [0.05, 0.1) is 4.90 Å². The maximum Gasteiger partial charge on any atom is 0.262 e. The third-order valence-corrected chi connectivity index (χ3v) is 5.58. The second kappa shape index (κ2) is 8.98. The van der Waals surface area contributed by atoms with Crippen LogP contribution in [0.1, 0.15) is 5.56 Å². The van der Waals surface area contributed by atoms with Crippen LogP contribution in [0.3, 0.4) is 0 Å². The summed E-state index contributed by atoms with van der Waals surface area (Å²) in [7, 11) is -3.72. The van der Waals surface area contributed by atoms with E-state index in [1.165, 1.54) is 24.3 Å². The summed E-state index contributed by atoms with van der Waals surface area (Å²) < 4.78 is 32.8. The number of amides is 1. The first-order valence-electron chi connectivity index (χ1n) is 8.70. The van der Waals surface area contributed by atoms with Gasteiger partial charge in [0.1, 0.15) is 5.75 Å². The molecular formula is C21H19ClN2O4S. The summed E-state index contributed by atoms with van der Waals surface area (Å²) in [4.78, 5) is 12.1. The number of carbonyl (C=O) groups is 1. The normalized spacial score (nSPS) is 11.0. The second-order valence-electron chi connectivity index (χ2n) is 6.29. The number of sulfonamides is 1. The number of aryl methyl sites for hydroxylation is 1. The standard InChI is InChI=1S/C21H19ClN2O4S/c1-15-2-6-18(7-3-15)24-29(26,27)20-12-8-17(9-13-20)23-21(25)14-28-19-10-4-16(22)5-11-19/h2-13,24H,14H2,1H3,(H,23,25). The highest BCUT2D eigenvalue weighted by atomic mass is 35.5. The van der Waals surface area contributed by atoms with E-state index in [0.29, 0.717) is 22.1 Å². The Kier molecular flexibility index (Phi) is 6.41. The van der Waals surface area contributed by atoms with Crippen LogP contribution in [-0.4, -0.2) is 20.9 Å². The molecule has 0 radical (unpaired) electrons. The lowest BCUT2D eigenvalue weighted by atomic mass is 10.2. The summed E-state index contributed by atoms with van der Waals surface area (Å²) in [5, 5.41) is 3.23. The van der Waals surface area contributed by atoms with E-state index in [9.17, 15) is 13.2 Å². The Morgan fingerprint density at radius 2 is 1.48 bits per heavy atom. The van der Waals surface area contributed by atoms with Gasteiger partial charge in [-0.25, -0.2) is 8.42 Å². The first-order chi connectivity index (χ1) is 13.8. The molecule has 2 N–H and O–H groups in total. The van der Waals surface area contributed by atoms with E-state index in [1.807, 2.05) is 19.1 Å². The van der Waals surface area contributed by atoms with E-state index < -0.39 is 10.0 Å². The van der Waals surface area contributed by atoms with Gasteiger partial charge in [-0.3, -0.25) is 9.52 Å². The molecule has 0 unspecified atom stereocenters. The molecule has 0 bridgehead atoms. The molecular weight excluding hydrogens is 412 g/mol. The van der Waals surface area contributed by atoms with E-state index in [1.54, 1.807) is 36.4 Å². The lowest BCUT2D eigenvalue weighted by Gasteiger charge is -2.10. The highest BCUT2D eigenvalue weighted by molar-refractivity contribution is 7.92. The van der Waals surface area contributed by atoms with Gasteiger partial charge >= 0.3 is 0 Å². The quantitative estimate of drug-likeness (QED) is 0.579. The van der Waals surface area contributed by atoms with Crippen molar-refractivity contribution >= 4 is 38.9 Å². The van der Waals surface area contributed by atoms with Crippen LogP contribution in [0.5, 0.6) is 5.75 Å².